The molecular weight excluding hydrogens is 752 g/mol. The maximum absolute atomic E-state index is 14.4. The summed E-state index contributed by atoms with van der Waals surface area (Å²) in [5, 5.41) is 4.89. The van der Waals surface area contributed by atoms with Crippen molar-refractivity contribution in [2.45, 2.75) is 94.1 Å². The number of amides is 5. The number of carbonyl (C=O) groups excluding carboxylic acids is 5. The molecule has 0 aromatic heterocycles. The second kappa shape index (κ2) is 14.9. The van der Waals surface area contributed by atoms with Gasteiger partial charge in [-0.2, -0.15) is 4.31 Å². The highest BCUT2D eigenvalue weighted by molar-refractivity contribution is 7.92. The Morgan fingerprint density at radius 3 is 2.37 bits per heavy atom. The maximum Gasteiger partial charge on any atom is 0.410 e. The van der Waals surface area contributed by atoms with Gasteiger partial charge in [0.25, 0.3) is 5.91 Å². The Kier molecular flexibility index (Phi) is 11.2. The van der Waals surface area contributed by atoms with Crippen LogP contribution in [-0.4, -0.2) is 116 Å². The van der Waals surface area contributed by atoms with Crippen molar-refractivity contribution in [1.29, 1.82) is 0 Å². The lowest BCUT2D eigenvalue weighted by Gasteiger charge is -2.31. The molecule has 2 saturated carbocycles. The Hall–Kier alpha value is -4.56. The minimum Gasteiger partial charge on any atom is -0.444 e. The quantitative estimate of drug-likeness (QED) is 0.241. The molecule has 1 aromatic rings. The number of alkyl carbamates (subject to hydrolysis) is 1. The van der Waals surface area contributed by atoms with Gasteiger partial charge in [-0.05, 0) is 51.7 Å². The number of likely N-dealkylation sites (tertiary alicyclic amines) is 1. The number of hydrogen-bond acceptors (Lipinski definition) is 11. The Balaban J connectivity index is 1.42. The standard InChI is InChI=1S/C34H45FN6O11S2/c1-7-21-15-34(21,30(44)38-54(49,50)23-12-13-23)37-28(42)27-14-22(51-32(46)40-16-20-10-9-11-25(35)24(20)18-40)17-41(27)29(43)26(19-39(6)53(47,48)8-2)36-31(45)52-33(3,4)5/h7-11,21-23,26-27H,1-2,12-19H2,3-6H3,(H,36,45)(H,37,42)(H,38,44). The van der Waals surface area contributed by atoms with Gasteiger partial charge in [0.15, 0.2) is 0 Å². The van der Waals surface area contributed by atoms with Crippen molar-refractivity contribution in [1.82, 2.24) is 29.5 Å². The molecule has 2 heterocycles. The van der Waals surface area contributed by atoms with Crippen LogP contribution in [0.4, 0.5) is 14.0 Å². The number of nitrogens with zero attached hydrogens (tertiary/aromatic N) is 3. The fourth-order valence-electron chi connectivity index (χ4n) is 6.44. The maximum atomic E-state index is 14.4. The molecule has 4 aliphatic rings. The molecule has 3 N–H and O–H groups in total. The average molecular weight is 797 g/mol. The van der Waals surface area contributed by atoms with Gasteiger partial charge in [0.05, 0.1) is 18.3 Å². The Bertz CT molecular complexity index is 1970. The number of carbonyl (C=O) groups is 5. The molecule has 296 valence electrons. The van der Waals surface area contributed by atoms with Crippen LogP contribution in [0.1, 0.15) is 57.6 Å². The molecule has 5 rings (SSSR count). The van der Waals surface area contributed by atoms with Crippen LogP contribution in [0.25, 0.3) is 0 Å². The second-order valence-electron chi connectivity index (χ2n) is 14.9. The lowest BCUT2D eigenvalue weighted by Crippen LogP contribution is -2.59. The van der Waals surface area contributed by atoms with E-state index in [4.69, 9.17) is 9.47 Å². The minimum atomic E-state index is -4.11. The number of benzene rings is 1. The second-order valence-corrected chi connectivity index (χ2v) is 18.8. The molecule has 5 unspecified atom stereocenters. The van der Waals surface area contributed by atoms with E-state index in [1.54, 1.807) is 26.8 Å². The van der Waals surface area contributed by atoms with Crippen molar-refractivity contribution in [3.8, 4) is 0 Å². The molecule has 3 fully saturated rings. The molecule has 1 saturated heterocycles. The zero-order chi connectivity index (χ0) is 40.0. The lowest BCUT2D eigenvalue weighted by atomic mass is 10.1. The molecule has 1 aromatic carbocycles. The summed E-state index contributed by atoms with van der Waals surface area (Å²) in [5.74, 6) is -4.01. The van der Waals surface area contributed by atoms with E-state index < -0.39 is 109 Å². The predicted octanol–water partition coefficient (Wildman–Crippen LogP) is 1.22. The largest absolute Gasteiger partial charge is 0.444 e. The highest BCUT2D eigenvalue weighted by Crippen LogP contribution is 2.45. The Morgan fingerprint density at radius 1 is 1.11 bits per heavy atom. The van der Waals surface area contributed by atoms with Gasteiger partial charge in [-0.15, -0.1) is 6.58 Å². The fraction of sp³-hybridized carbons (Fsp3) is 0.559. The number of sulfonamides is 2. The molecule has 54 heavy (non-hydrogen) atoms. The van der Waals surface area contributed by atoms with E-state index in [0.29, 0.717) is 29.4 Å². The lowest BCUT2D eigenvalue weighted by molar-refractivity contribution is -0.141. The van der Waals surface area contributed by atoms with Crippen LogP contribution in [0.3, 0.4) is 0 Å². The molecule has 0 bridgehead atoms. The van der Waals surface area contributed by atoms with Gasteiger partial charge in [0.2, 0.25) is 31.9 Å². The van der Waals surface area contributed by atoms with Crippen molar-refractivity contribution in [2.24, 2.45) is 5.92 Å². The normalized spacial score (nSPS) is 24.2. The number of nitrogens with one attached hydrogen (secondary N) is 3. The third-order valence-electron chi connectivity index (χ3n) is 9.62. The summed E-state index contributed by atoms with van der Waals surface area (Å²) in [6.45, 7) is 10.6. The first-order valence-electron chi connectivity index (χ1n) is 17.2. The van der Waals surface area contributed by atoms with Crippen molar-refractivity contribution < 1.29 is 54.7 Å². The topological polar surface area (TPSA) is 218 Å². The van der Waals surface area contributed by atoms with Gasteiger partial charge in [-0.25, -0.2) is 30.8 Å². The molecule has 20 heteroatoms. The van der Waals surface area contributed by atoms with E-state index in [-0.39, 0.29) is 25.9 Å². The number of halogens is 1. The van der Waals surface area contributed by atoms with Crippen LogP contribution in [0.15, 0.2) is 42.8 Å². The zero-order valence-corrected chi connectivity index (χ0v) is 32.0. The van der Waals surface area contributed by atoms with Gasteiger partial charge in [-0.3, -0.25) is 24.0 Å². The van der Waals surface area contributed by atoms with Crippen LogP contribution in [0, 0.1) is 11.7 Å². The summed E-state index contributed by atoms with van der Waals surface area (Å²) in [4.78, 5) is 70.4. The summed E-state index contributed by atoms with van der Waals surface area (Å²) in [5.41, 5.74) is -1.84. The van der Waals surface area contributed by atoms with Crippen LogP contribution in [0.5, 0.6) is 0 Å². The van der Waals surface area contributed by atoms with Gasteiger partial charge in [0, 0.05) is 43.4 Å². The summed E-state index contributed by atoms with van der Waals surface area (Å²) in [6, 6.07) is 1.32. The van der Waals surface area contributed by atoms with E-state index in [1.807, 2.05) is 4.72 Å². The van der Waals surface area contributed by atoms with E-state index in [1.165, 1.54) is 23.1 Å². The van der Waals surface area contributed by atoms with Gasteiger partial charge >= 0.3 is 12.2 Å². The number of hydrogen-bond donors (Lipinski definition) is 3. The zero-order valence-electron chi connectivity index (χ0n) is 30.4. The van der Waals surface area contributed by atoms with Crippen molar-refractivity contribution in [2.75, 3.05) is 20.1 Å². The van der Waals surface area contributed by atoms with Crippen molar-refractivity contribution in [3.05, 3.63) is 59.8 Å². The number of rotatable bonds is 13. The van der Waals surface area contributed by atoms with Gasteiger partial charge < -0.3 is 25.0 Å². The van der Waals surface area contributed by atoms with Crippen molar-refractivity contribution >= 4 is 50.0 Å². The van der Waals surface area contributed by atoms with Gasteiger partial charge in [0.1, 0.15) is 35.1 Å². The number of ether oxygens (including phenoxy) is 2. The molecule has 17 nitrogen and oxygen atoms in total. The average Bonchev–Trinajstić information content (AvgIpc) is 3.97. The van der Waals surface area contributed by atoms with Gasteiger partial charge in [-0.1, -0.05) is 24.8 Å². The first kappa shape index (κ1) is 40.6. The smallest absolute Gasteiger partial charge is 0.410 e. The van der Waals surface area contributed by atoms with Crippen molar-refractivity contribution in [3.63, 3.8) is 0 Å². The monoisotopic (exact) mass is 796 g/mol. The van der Waals surface area contributed by atoms with E-state index in [0.717, 1.165) is 16.3 Å². The van der Waals surface area contributed by atoms with Crippen LogP contribution < -0.4 is 15.4 Å². The van der Waals surface area contributed by atoms with E-state index in [2.05, 4.69) is 23.8 Å². The predicted molar refractivity (Wildman–Crippen MR) is 190 cm³/mol. The molecule has 5 atom stereocenters. The SMILES string of the molecule is C=CC1CC1(NC(=O)C1CC(OC(=O)N2Cc3cccc(F)c3C2)CN1C(=O)C(CN(C)S(=O)(=O)C=C)NC(=O)OC(C)(C)C)C(=O)NS(=O)(=O)C1CC1. The number of likely N-dealkylation sites (N-methyl/N-ethyl adjacent to an activating group) is 1. The minimum absolute atomic E-state index is 0.00640. The molecule has 2 aliphatic carbocycles. The molecule has 0 spiro atoms. The molecule has 0 radical (unpaired) electrons. The molecule has 2 aliphatic heterocycles. The summed E-state index contributed by atoms with van der Waals surface area (Å²) in [7, 11) is -6.97. The molecule has 5 amide bonds. The van der Waals surface area contributed by atoms with E-state index >= 15 is 0 Å². The summed E-state index contributed by atoms with van der Waals surface area (Å²) < 4.78 is 78.7. The first-order valence-corrected chi connectivity index (χ1v) is 20.3. The van der Waals surface area contributed by atoms with Crippen LogP contribution in [-0.2, 0) is 57.0 Å². The highest BCUT2D eigenvalue weighted by atomic mass is 32.2. The summed E-state index contributed by atoms with van der Waals surface area (Å²) in [6.07, 6.45) is -1.23. The third kappa shape index (κ3) is 8.86. The Labute approximate surface area is 313 Å². The first-order chi connectivity index (χ1) is 25.1. The summed E-state index contributed by atoms with van der Waals surface area (Å²) >= 11 is 0. The van der Waals surface area contributed by atoms with Crippen LogP contribution in [0.2, 0.25) is 0 Å². The number of fused-ring (bicyclic) bond motifs is 1. The van der Waals surface area contributed by atoms with E-state index in [9.17, 15) is 45.2 Å². The Morgan fingerprint density at radius 2 is 1.80 bits per heavy atom. The fourth-order valence-corrected chi connectivity index (χ4v) is 8.42. The highest BCUT2D eigenvalue weighted by Gasteiger charge is 2.62. The molecular formula is C34H45FN6O11S2. The van der Waals surface area contributed by atoms with Crippen LogP contribution >= 0.6 is 0 Å². The third-order valence-corrected chi connectivity index (χ3v) is 12.9.